The molecule has 0 radical (unpaired) electrons. The zero-order valence-electron chi connectivity index (χ0n) is 11.0. The Kier molecular flexibility index (Phi) is 4.27. The van der Waals surface area contributed by atoms with Crippen LogP contribution in [0.25, 0.3) is 0 Å². The summed E-state index contributed by atoms with van der Waals surface area (Å²) in [7, 11) is 0. The van der Waals surface area contributed by atoms with Gasteiger partial charge in [-0.05, 0) is 49.2 Å². The molecule has 2 aromatic rings. The van der Waals surface area contributed by atoms with Gasteiger partial charge in [0.2, 0.25) is 0 Å². The molecule has 0 amide bonds. The lowest BCUT2D eigenvalue weighted by molar-refractivity contribution is 0.489. The van der Waals surface area contributed by atoms with E-state index in [-0.39, 0.29) is 23.7 Å². The van der Waals surface area contributed by atoms with E-state index in [4.69, 9.17) is 0 Å². The molecule has 3 heteroatoms. The highest BCUT2D eigenvalue weighted by atomic mass is 19.1. The first-order chi connectivity index (χ1) is 9.06. The van der Waals surface area contributed by atoms with Crippen LogP contribution < -0.4 is 5.32 Å². The molecule has 1 nitrogen and oxygen atoms in total. The Hall–Kier alpha value is -1.74. The van der Waals surface area contributed by atoms with Gasteiger partial charge in [0.1, 0.15) is 11.6 Å². The molecule has 0 saturated carbocycles. The van der Waals surface area contributed by atoms with Crippen molar-refractivity contribution in [3.05, 3.63) is 71.3 Å². The predicted octanol–water partition coefficient (Wildman–Crippen LogP) is 4.38. The Morgan fingerprint density at radius 2 is 1.21 bits per heavy atom. The highest BCUT2D eigenvalue weighted by Crippen LogP contribution is 2.20. The number of halogens is 2. The Morgan fingerprint density at radius 1 is 0.789 bits per heavy atom. The Labute approximate surface area is 112 Å². The van der Waals surface area contributed by atoms with Crippen molar-refractivity contribution in [2.45, 2.75) is 25.9 Å². The molecular weight excluding hydrogens is 244 g/mol. The second-order valence-electron chi connectivity index (χ2n) is 4.72. The van der Waals surface area contributed by atoms with Crippen molar-refractivity contribution < 1.29 is 8.78 Å². The van der Waals surface area contributed by atoms with E-state index in [2.05, 4.69) is 5.32 Å². The van der Waals surface area contributed by atoms with E-state index in [0.717, 1.165) is 11.1 Å². The van der Waals surface area contributed by atoms with Gasteiger partial charge in [-0.1, -0.05) is 24.3 Å². The molecule has 2 aromatic carbocycles. The van der Waals surface area contributed by atoms with Gasteiger partial charge >= 0.3 is 0 Å². The number of hydrogen-bond donors (Lipinski definition) is 1. The molecule has 2 rings (SSSR count). The van der Waals surface area contributed by atoms with Gasteiger partial charge in [0, 0.05) is 12.1 Å². The zero-order chi connectivity index (χ0) is 13.8. The van der Waals surface area contributed by atoms with E-state index in [1.165, 1.54) is 24.3 Å². The summed E-state index contributed by atoms with van der Waals surface area (Å²) >= 11 is 0. The van der Waals surface area contributed by atoms with Crippen LogP contribution in [0.3, 0.4) is 0 Å². The number of rotatable bonds is 4. The van der Waals surface area contributed by atoms with Crippen LogP contribution >= 0.6 is 0 Å². The van der Waals surface area contributed by atoms with Crippen molar-refractivity contribution in [2.75, 3.05) is 0 Å². The first kappa shape index (κ1) is 13.7. The fourth-order valence-electron chi connectivity index (χ4n) is 2.12. The third-order valence-electron chi connectivity index (χ3n) is 3.20. The van der Waals surface area contributed by atoms with E-state index in [1.54, 1.807) is 12.1 Å². The van der Waals surface area contributed by atoms with Crippen LogP contribution in [0.5, 0.6) is 0 Å². The van der Waals surface area contributed by atoms with Crippen molar-refractivity contribution in [2.24, 2.45) is 0 Å². The molecule has 0 heterocycles. The minimum atomic E-state index is -0.246. The molecule has 0 aliphatic rings. The van der Waals surface area contributed by atoms with Gasteiger partial charge < -0.3 is 5.32 Å². The SMILES string of the molecule is C[C@H](N[C@@H](C)c1cccc(F)c1)c1cccc(F)c1. The van der Waals surface area contributed by atoms with E-state index in [9.17, 15) is 8.78 Å². The highest BCUT2D eigenvalue weighted by Gasteiger charge is 2.12. The molecule has 0 aliphatic carbocycles. The van der Waals surface area contributed by atoms with Gasteiger partial charge in [-0.3, -0.25) is 0 Å². The smallest absolute Gasteiger partial charge is 0.123 e. The highest BCUT2D eigenvalue weighted by molar-refractivity contribution is 5.22. The largest absolute Gasteiger partial charge is 0.304 e. The third-order valence-corrected chi connectivity index (χ3v) is 3.20. The van der Waals surface area contributed by atoms with E-state index < -0.39 is 0 Å². The molecule has 100 valence electrons. The van der Waals surface area contributed by atoms with E-state index >= 15 is 0 Å². The van der Waals surface area contributed by atoms with Gasteiger partial charge in [-0.2, -0.15) is 0 Å². The summed E-state index contributed by atoms with van der Waals surface area (Å²) in [6.45, 7) is 3.93. The monoisotopic (exact) mass is 261 g/mol. The molecule has 19 heavy (non-hydrogen) atoms. The summed E-state index contributed by atoms with van der Waals surface area (Å²) in [4.78, 5) is 0. The van der Waals surface area contributed by atoms with E-state index in [0.29, 0.717) is 0 Å². The molecule has 0 aromatic heterocycles. The van der Waals surface area contributed by atoms with Crippen LogP contribution in [0, 0.1) is 11.6 Å². The summed E-state index contributed by atoms with van der Waals surface area (Å²) in [5.41, 5.74) is 1.76. The quantitative estimate of drug-likeness (QED) is 0.861. The van der Waals surface area contributed by atoms with Crippen LogP contribution in [-0.4, -0.2) is 0 Å². The Bertz CT molecular complexity index is 504. The normalized spacial score (nSPS) is 14.1. The summed E-state index contributed by atoms with van der Waals surface area (Å²) in [5, 5.41) is 3.33. The molecule has 0 unspecified atom stereocenters. The fraction of sp³-hybridized carbons (Fsp3) is 0.250. The van der Waals surface area contributed by atoms with Crippen molar-refractivity contribution in [1.29, 1.82) is 0 Å². The number of nitrogens with one attached hydrogen (secondary N) is 1. The van der Waals surface area contributed by atoms with Crippen LogP contribution in [-0.2, 0) is 0 Å². The summed E-state index contributed by atoms with van der Waals surface area (Å²) in [6, 6.07) is 13.0. The van der Waals surface area contributed by atoms with Crippen LogP contribution in [0.1, 0.15) is 37.1 Å². The summed E-state index contributed by atoms with van der Waals surface area (Å²) in [6.07, 6.45) is 0. The Morgan fingerprint density at radius 3 is 1.58 bits per heavy atom. The maximum Gasteiger partial charge on any atom is 0.123 e. The van der Waals surface area contributed by atoms with Gasteiger partial charge in [0.15, 0.2) is 0 Å². The lowest BCUT2D eigenvalue weighted by Crippen LogP contribution is -2.22. The number of benzene rings is 2. The standard InChI is InChI=1S/C16H17F2N/c1-11(13-5-3-7-15(17)9-13)19-12(2)14-6-4-8-16(18)10-14/h3-12,19H,1-2H3/t11-,12-/m0/s1. The maximum atomic E-state index is 13.2. The van der Waals surface area contributed by atoms with Crippen molar-refractivity contribution in [3.8, 4) is 0 Å². The van der Waals surface area contributed by atoms with Crippen molar-refractivity contribution in [1.82, 2.24) is 5.32 Å². The van der Waals surface area contributed by atoms with Crippen LogP contribution in [0.4, 0.5) is 8.78 Å². The van der Waals surface area contributed by atoms with Gasteiger partial charge in [0.05, 0.1) is 0 Å². The third kappa shape index (κ3) is 3.61. The Balaban J connectivity index is 2.08. The molecular formula is C16H17F2N. The first-order valence-electron chi connectivity index (χ1n) is 6.33. The predicted molar refractivity (Wildman–Crippen MR) is 72.8 cm³/mol. The summed E-state index contributed by atoms with van der Waals surface area (Å²) in [5.74, 6) is -0.492. The second kappa shape index (κ2) is 5.93. The molecule has 1 N–H and O–H groups in total. The molecule has 0 aliphatic heterocycles. The van der Waals surface area contributed by atoms with Crippen LogP contribution in [0.15, 0.2) is 48.5 Å². The van der Waals surface area contributed by atoms with E-state index in [1.807, 2.05) is 26.0 Å². The average molecular weight is 261 g/mol. The molecule has 0 spiro atoms. The van der Waals surface area contributed by atoms with Crippen molar-refractivity contribution in [3.63, 3.8) is 0 Å². The molecule has 0 fully saturated rings. The minimum absolute atomic E-state index is 0.00559. The van der Waals surface area contributed by atoms with Gasteiger partial charge in [0.25, 0.3) is 0 Å². The second-order valence-corrected chi connectivity index (χ2v) is 4.72. The summed E-state index contributed by atoms with van der Waals surface area (Å²) < 4.78 is 26.3. The zero-order valence-corrected chi connectivity index (χ0v) is 11.0. The molecule has 2 atom stereocenters. The van der Waals surface area contributed by atoms with Crippen molar-refractivity contribution >= 4 is 0 Å². The lowest BCUT2D eigenvalue weighted by atomic mass is 10.0. The molecule has 0 saturated heterocycles. The molecule has 0 bridgehead atoms. The lowest BCUT2D eigenvalue weighted by Gasteiger charge is -2.21. The maximum absolute atomic E-state index is 13.2. The fourth-order valence-corrected chi connectivity index (χ4v) is 2.12. The topological polar surface area (TPSA) is 12.0 Å². The average Bonchev–Trinajstić information content (AvgIpc) is 2.38. The first-order valence-corrected chi connectivity index (χ1v) is 6.33. The number of hydrogen-bond acceptors (Lipinski definition) is 1. The van der Waals surface area contributed by atoms with Gasteiger partial charge in [-0.15, -0.1) is 0 Å². The van der Waals surface area contributed by atoms with Gasteiger partial charge in [-0.25, -0.2) is 8.78 Å². The minimum Gasteiger partial charge on any atom is -0.304 e. The van der Waals surface area contributed by atoms with Crippen LogP contribution in [0.2, 0.25) is 0 Å².